The van der Waals surface area contributed by atoms with E-state index in [2.05, 4.69) is 20.4 Å². The van der Waals surface area contributed by atoms with E-state index in [1.165, 1.54) is 35.0 Å². The number of aromatic carboxylic acids is 1. The molecular weight excluding hydrogens is 373 g/mol. The Labute approximate surface area is 182 Å². The molecule has 0 fully saturated rings. The van der Waals surface area contributed by atoms with Crippen LogP contribution in [-0.2, 0) is 17.6 Å². The van der Waals surface area contributed by atoms with Gasteiger partial charge in [0.2, 0.25) is 5.91 Å². The van der Waals surface area contributed by atoms with Crippen LogP contribution in [0.1, 0.15) is 41.5 Å². The molecule has 2 heterocycles. The second kappa shape index (κ2) is 9.63. The van der Waals surface area contributed by atoms with Gasteiger partial charge in [0.25, 0.3) is 0 Å². The minimum atomic E-state index is -1.27. The van der Waals surface area contributed by atoms with Gasteiger partial charge in [0, 0.05) is 24.1 Å². The Bertz CT molecular complexity index is 1040. The van der Waals surface area contributed by atoms with Crippen molar-refractivity contribution < 1.29 is 44.3 Å². The Morgan fingerprint density at radius 2 is 1.93 bits per heavy atom. The third-order valence-electron chi connectivity index (χ3n) is 4.01. The number of anilines is 1. The number of H-pyrrole nitrogens is 1. The van der Waals surface area contributed by atoms with Gasteiger partial charge in [0.05, 0.1) is 12.2 Å². The van der Waals surface area contributed by atoms with Gasteiger partial charge in [0.15, 0.2) is 5.65 Å². The van der Waals surface area contributed by atoms with Gasteiger partial charge in [-0.3, -0.25) is 9.78 Å². The number of fused-ring (bicyclic) bond motifs is 1. The first kappa shape index (κ1) is 21.8. The minimum Gasteiger partial charge on any atom is -0.545 e. The summed E-state index contributed by atoms with van der Waals surface area (Å²) in [6, 6.07) is 5.72. The molecule has 0 saturated carbocycles. The van der Waals surface area contributed by atoms with Crippen molar-refractivity contribution in [3.05, 3.63) is 57.9 Å². The molecule has 10 heteroatoms. The Morgan fingerprint density at radius 1 is 1.21 bits per heavy atom. The first-order valence-electron chi connectivity index (χ1n) is 8.55. The smallest absolute Gasteiger partial charge is 0.545 e. The molecule has 0 aliphatic rings. The number of amides is 1. The van der Waals surface area contributed by atoms with E-state index in [0.29, 0.717) is 35.6 Å². The molecule has 3 aromatic rings. The summed E-state index contributed by atoms with van der Waals surface area (Å²) >= 11 is 0. The number of hydrogen-bond acceptors (Lipinski definition) is 6. The van der Waals surface area contributed by atoms with Crippen molar-refractivity contribution in [2.24, 2.45) is 0 Å². The number of carboxylic acids is 1. The number of rotatable bonds is 7. The fraction of sp³-hybridized carbons (Fsp3) is 0.278. The van der Waals surface area contributed by atoms with Crippen LogP contribution in [0, 0.1) is 0 Å². The summed E-state index contributed by atoms with van der Waals surface area (Å²) in [5.41, 5.74) is 1.34. The molecule has 28 heavy (non-hydrogen) atoms. The summed E-state index contributed by atoms with van der Waals surface area (Å²) in [7, 11) is 0. The number of nitrogens with zero attached hydrogens (tertiary/aromatic N) is 3. The van der Waals surface area contributed by atoms with E-state index >= 15 is 0 Å². The van der Waals surface area contributed by atoms with Gasteiger partial charge in [-0.05, 0) is 30.5 Å². The van der Waals surface area contributed by atoms with E-state index in [-0.39, 0.29) is 53.1 Å². The van der Waals surface area contributed by atoms with Crippen molar-refractivity contribution in [3.8, 4) is 0 Å². The van der Waals surface area contributed by atoms with Gasteiger partial charge in [-0.25, -0.2) is 9.78 Å². The molecule has 0 aliphatic heterocycles. The number of carboxylic acid groups (broad SMARTS) is 1. The number of carbonyl (C=O) groups is 2. The van der Waals surface area contributed by atoms with Crippen LogP contribution in [0.15, 0.2) is 35.3 Å². The average molecular weight is 391 g/mol. The van der Waals surface area contributed by atoms with Crippen molar-refractivity contribution in [2.75, 3.05) is 5.32 Å². The maximum absolute atomic E-state index is 12.1. The van der Waals surface area contributed by atoms with Gasteiger partial charge in [-0.2, -0.15) is 9.61 Å². The third-order valence-corrected chi connectivity index (χ3v) is 4.01. The average Bonchev–Trinajstić information content (AvgIpc) is 3.04. The first-order chi connectivity index (χ1) is 13.0. The molecule has 0 atom stereocenters. The number of hydrogen-bond donors (Lipinski definition) is 2. The van der Waals surface area contributed by atoms with Crippen LogP contribution < -0.4 is 45.7 Å². The predicted octanol–water partition coefficient (Wildman–Crippen LogP) is -2.69. The maximum Gasteiger partial charge on any atom is 1.00 e. The number of benzene rings is 1. The molecule has 2 aromatic heterocycles. The van der Waals surface area contributed by atoms with Crippen LogP contribution >= 0.6 is 0 Å². The van der Waals surface area contributed by atoms with E-state index in [0.717, 1.165) is 6.42 Å². The van der Waals surface area contributed by atoms with Gasteiger partial charge in [-0.15, -0.1) is 0 Å². The summed E-state index contributed by atoms with van der Waals surface area (Å²) in [5, 5.41) is 17.4. The van der Waals surface area contributed by atoms with Crippen LogP contribution in [0.5, 0.6) is 0 Å². The van der Waals surface area contributed by atoms with E-state index in [9.17, 15) is 19.5 Å². The Morgan fingerprint density at radius 3 is 2.57 bits per heavy atom. The van der Waals surface area contributed by atoms with Crippen LogP contribution in [-0.4, -0.2) is 31.5 Å². The fourth-order valence-electron chi connectivity index (χ4n) is 2.67. The van der Waals surface area contributed by atoms with Crippen LogP contribution in [0.4, 0.5) is 5.69 Å². The summed E-state index contributed by atoms with van der Waals surface area (Å²) in [5.74, 6) is -0.922. The van der Waals surface area contributed by atoms with Gasteiger partial charge in [-0.1, -0.05) is 19.1 Å². The van der Waals surface area contributed by atoms with Crippen molar-refractivity contribution in [3.63, 3.8) is 0 Å². The molecule has 2 N–H and O–H groups in total. The summed E-state index contributed by atoms with van der Waals surface area (Å²) in [6.45, 7) is 1.99. The van der Waals surface area contributed by atoms with Gasteiger partial charge >= 0.3 is 35.2 Å². The van der Waals surface area contributed by atoms with Crippen molar-refractivity contribution in [1.29, 1.82) is 0 Å². The zero-order valence-corrected chi connectivity index (χ0v) is 17.7. The molecule has 140 valence electrons. The number of aromatic nitrogens is 4. The van der Waals surface area contributed by atoms with Crippen LogP contribution in [0.25, 0.3) is 5.65 Å². The van der Waals surface area contributed by atoms with E-state index < -0.39 is 5.97 Å². The summed E-state index contributed by atoms with van der Waals surface area (Å²) in [4.78, 5) is 42.0. The first-order valence-corrected chi connectivity index (χ1v) is 8.55. The van der Waals surface area contributed by atoms with Gasteiger partial charge < -0.3 is 15.2 Å². The van der Waals surface area contributed by atoms with Gasteiger partial charge in [0.1, 0.15) is 5.82 Å². The normalized spacial score (nSPS) is 10.5. The minimum absolute atomic E-state index is 0. The molecule has 0 bridgehead atoms. The van der Waals surface area contributed by atoms with E-state index in [4.69, 9.17) is 0 Å². The topological polar surface area (TPSA) is 132 Å². The molecule has 3 rings (SSSR count). The fourth-order valence-corrected chi connectivity index (χ4v) is 2.67. The SMILES string of the molecule is CCCc1nc2c(CCC(=O)Nc3ccc(C(=O)[O-])cc3)cnn2c(=O)[nH]1.[Na+]. The molecule has 0 aliphatic carbocycles. The Kier molecular flexibility index (Phi) is 7.50. The number of carbonyl (C=O) groups excluding carboxylic acids is 2. The Balaban J connectivity index is 0.00000280. The zero-order chi connectivity index (χ0) is 19.4. The number of aromatic amines is 1. The standard InChI is InChI=1S/C18H19N5O4.Na/c1-2-3-14-21-16-12(10-19-23(16)18(27)22-14)6-9-15(24)20-13-7-4-11(5-8-13)17(25)26;/h4-5,7-8,10H,2-3,6,9H2,1H3,(H,20,24)(H,25,26)(H,21,22,27);/q;+1/p-1. The second-order valence-electron chi connectivity index (χ2n) is 6.06. The largest absolute Gasteiger partial charge is 1.00 e. The number of aryl methyl sites for hydroxylation is 2. The van der Waals surface area contributed by atoms with Crippen molar-refractivity contribution in [1.82, 2.24) is 19.6 Å². The number of nitrogens with one attached hydrogen (secondary N) is 2. The summed E-state index contributed by atoms with van der Waals surface area (Å²) < 4.78 is 1.19. The second-order valence-corrected chi connectivity index (χ2v) is 6.06. The predicted molar refractivity (Wildman–Crippen MR) is 95.3 cm³/mol. The van der Waals surface area contributed by atoms with E-state index in [1.54, 1.807) is 0 Å². The quantitative estimate of drug-likeness (QED) is 0.422. The van der Waals surface area contributed by atoms with Crippen LogP contribution in [0.3, 0.4) is 0 Å². The third kappa shape index (κ3) is 5.06. The van der Waals surface area contributed by atoms with Crippen molar-refractivity contribution in [2.45, 2.75) is 32.6 Å². The molecule has 0 unspecified atom stereocenters. The maximum atomic E-state index is 12.1. The van der Waals surface area contributed by atoms with Crippen LogP contribution in [0.2, 0.25) is 0 Å². The zero-order valence-electron chi connectivity index (χ0n) is 15.7. The molecule has 0 radical (unpaired) electrons. The monoisotopic (exact) mass is 391 g/mol. The summed E-state index contributed by atoms with van der Waals surface area (Å²) in [6.07, 6.45) is 3.57. The molecule has 0 spiro atoms. The molecule has 1 amide bonds. The van der Waals surface area contributed by atoms with E-state index in [1.807, 2.05) is 6.92 Å². The Hall–Kier alpha value is -2.49. The van der Waals surface area contributed by atoms with Crippen molar-refractivity contribution >= 4 is 23.2 Å². The molecule has 1 aromatic carbocycles. The molecule has 0 saturated heterocycles. The molecular formula is C18H18N5NaO4. The molecule has 9 nitrogen and oxygen atoms in total.